The molecule has 1 unspecified atom stereocenters. The van der Waals surface area contributed by atoms with E-state index in [1.807, 2.05) is 30.3 Å². The highest BCUT2D eigenvalue weighted by Gasteiger charge is 2.16. The highest BCUT2D eigenvalue weighted by molar-refractivity contribution is 7.84. The van der Waals surface area contributed by atoms with Crippen molar-refractivity contribution < 1.29 is 17.5 Å². The highest BCUT2D eigenvalue weighted by Crippen LogP contribution is 2.17. The average molecular weight is 364 g/mol. The molecule has 0 amide bonds. The Morgan fingerprint density at radius 3 is 1.96 bits per heavy atom. The minimum Gasteiger partial charge on any atom is -0.258 e. The smallest absolute Gasteiger partial charge is 0.258 e. The minimum absolute atomic E-state index is 0.0187. The van der Waals surface area contributed by atoms with Crippen molar-refractivity contribution in [1.82, 2.24) is 0 Å². The topological polar surface area (TPSA) is 113 Å². The van der Waals surface area contributed by atoms with Crippen molar-refractivity contribution in [2.45, 2.75) is 31.8 Å². The van der Waals surface area contributed by atoms with Gasteiger partial charge in [-0.25, -0.2) is 5.14 Å². The van der Waals surface area contributed by atoms with Gasteiger partial charge in [0, 0.05) is 12.1 Å². The van der Waals surface area contributed by atoms with Crippen LogP contribution < -0.4 is 5.14 Å². The van der Waals surface area contributed by atoms with Gasteiger partial charge in [-0.05, 0) is 36.8 Å². The van der Waals surface area contributed by atoms with E-state index >= 15 is 0 Å². The van der Waals surface area contributed by atoms with Gasteiger partial charge in [-0.15, -0.1) is 0 Å². The van der Waals surface area contributed by atoms with Gasteiger partial charge >= 0.3 is 10.3 Å². The number of benzene rings is 2. The summed E-state index contributed by atoms with van der Waals surface area (Å²) in [5.41, 5.74) is 1.97. The third kappa shape index (κ3) is 7.00. The molecule has 1 atom stereocenters. The largest absolute Gasteiger partial charge is 0.333 e. The van der Waals surface area contributed by atoms with E-state index in [1.165, 1.54) is 12.1 Å². The van der Waals surface area contributed by atoms with Gasteiger partial charge in [0.2, 0.25) is 0 Å². The van der Waals surface area contributed by atoms with Crippen molar-refractivity contribution in [3.8, 4) is 0 Å². The number of aryl methyl sites for hydroxylation is 2. The number of hydrogen-bond acceptors (Lipinski definition) is 5. The van der Waals surface area contributed by atoms with Crippen molar-refractivity contribution in [2.75, 3.05) is 0 Å². The number of nitrogens with zero attached hydrogens (tertiary/aromatic N) is 1. The summed E-state index contributed by atoms with van der Waals surface area (Å²) in [5.74, 6) is 0. The Morgan fingerprint density at radius 2 is 1.48 bits per heavy atom. The SMILES string of the molecule is NS(=O)(=O)OC(CCc1ccccc1)CCc1ccc([N+](=O)[O-])cc1. The van der Waals surface area contributed by atoms with Gasteiger partial charge < -0.3 is 0 Å². The Morgan fingerprint density at radius 1 is 0.960 bits per heavy atom. The third-order valence-corrected chi connectivity index (χ3v) is 4.31. The summed E-state index contributed by atoms with van der Waals surface area (Å²) in [6, 6.07) is 15.8. The second-order valence-corrected chi connectivity index (χ2v) is 6.88. The van der Waals surface area contributed by atoms with Crippen LogP contribution in [0.15, 0.2) is 54.6 Å². The van der Waals surface area contributed by atoms with E-state index in [9.17, 15) is 18.5 Å². The Hall–Kier alpha value is -2.29. The fourth-order valence-corrected chi connectivity index (χ4v) is 3.09. The molecular weight excluding hydrogens is 344 g/mol. The molecule has 2 aromatic carbocycles. The summed E-state index contributed by atoms with van der Waals surface area (Å²) < 4.78 is 27.5. The molecule has 0 bridgehead atoms. The van der Waals surface area contributed by atoms with Crippen molar-refractivity contribution >= 4 is 16.0 Å². The fourth-order valence-electron chi connectivity index (χ4n) is 2.51. The van der Waals surface area contributed by atoms with Crippen LogP contribution in [0.4, 0.5) is 5.69 Å². The molecule has 8 heteroatoms. The molecule has 0 radical (unpaired) electrons. The van der Waals surface area contributed by atoms with Crippen molar-refractivity contribution in [3.63, 3.8) is 0 Å². The number of nitro benzene ring substituents is 1. The second-order valence-electron chi connectivity index (χ2n) is 5.70. The fraction of sp³-hybridized carbons (Fsp3) is 0.294. The number of nitro groups is 1. The first-order valence-corrected chi connectivity index (χ1v) is 9.29. The molecular formula is C17H20N2O5S. The molecule has 2 aromatic rings. The summed E-state index contributed by atoms with van der Waals surface area (Å²) in [5, 5.41) is 15.7. The molecule has 2 rings (SSSR count). The molecule has 0 aliphatic heterocycles. The second kappa shape index (κ2) is 8.70. The van der Waals surface area contributed by atoms with E-state index in [2.05, 4.69) is 0 Å². The number of nitrogens with two attached hydrogens (primary N) is 1. The van der Waals surface area contributed by atoms with E-state index in [1.54, 1.807) is 12.1 Å². The van der Waals surface area contributed by atoms with E-state index < -0.39 is 21.3 Å². The first-order valence-electron chi connectivity index (χ1n) is 7.82. The van der Waals surface area contributed by atoms with E-state index in [4.69, 9.17) is 9.32 Å². The van der Waals surface area contributed by atoms with Gasteiger partial charge in [-0.2, -0.15) is 8.42 Å². The van der Waals surface area contributed by atoms with Crippen LogP contribution in [0.25, 0.3) is 0 Å². The van der Waals surface area contributed by atoms with Crippen LogP contribution in [-0.2, 0) is 27.3 Å². The maximum Gasteiger partial charge on any atom is 0.333 e. The van der Waals surface area contributed by atoms with Crippen LogP contribution in [-0.4, -0.2) is 19.4 Å². The standard InChI is InChI=1S/C17H20N2O5S/c18-25(22,23)24-17(12-8-14-4-2-1-3-5-14)13-9-15-6-10-16(11-7-15)19(20)21/h1-7,10-11,17H,8-9,12-13H2,(H2,18,22,23). The quantitative estimate of drug-likeness (QED) is 0.543. The van der Waals surface area contributed by atoms with Gasteiger partial charge in [0.1, 0.15) is 0 Å². The first-order chi connectivity index (χ1) is 11.8. The molecule has 25 heavy (non-hydrogen) atoms. The molecule has 0 saturated heterocycles. The maximum atomic E-state index is 11.3. The van der Waals surface area contributed by atoms with Gasteiger partial charge in [0.05, 0.1) is 11.0 Å². The minimum atomic E-state index is -4.04. The summed E-state index contributed by atoms with van der Waals surface area (Å²) in [4.78, 5) is 10.2. The zero-order valence-corrected chi connectivity index (χ0v) is 14.4. The lowest BCUT2D eigenvalue weighted by Crippen LogP contribution is -2.25. The lowest BCUT2D eigenvalue weighted by molar-refractivity contribution is -0.384. The number of rotatable bonds is 9. The Labute approximate surface area is 146 Å². The molecule has 0 spiro atoms. The lowest BCUT2D eigenvalue weighted by atomic mass is 10.0. The van der Waals surface area contributed by atoms with Crippen molar-refractivity contribution in [3.05, 3.63) is 75.8 Å². The monoisotopic (exact) mass is 364 g/mol. The van der Waals surface area contributed by atoms with Gasteiger partial charge in [-0.3, -0.25) is 14.3 Å². The highest BCUT2D eigenvalue weighted by atomic mass is 32.2. The van der Waals surface area contributed by atoms with Crippen molar-refractivity contribution in [1.29, 1.82) is 0 Å². The maximum absolute atomic E-state index is 11.3. The summed E-state index contributed by atoms with van der Waals surface area (Å²) >= 11 is 0. The molecule has 2 N–H and O–H groups in total. The predicted molar refractivity (Wildman–Crippen MR) is 94.2 cm³/mol. The van der Waals surface area contributed by atoms with E-state index in [0.29, 0.717) is 25.7 Å². The zero-order valence-electron chi connectivity index (χ0n) is 13.6. The lowest BCUT2D eigenvalue weighted by Gasteiger charge is -2.16. The average Bonchev–Trinajstić information content (AvgIpc) is 2.57. The zero-order chi connectivity index (χ0) is 18.3. The molecule has 134 valence electrons. The number of non-ortho nitro benzene ring substituents is 1. The van der Waals surface area contributed by atoms with E-state index in [0.717, 1.165) is 11.1 Å². The van der Waals surface area contributed by atoms with Crippen LogP contribution in [0, 0.1) is 10.1 Å². The summed E-state index contributed by atoms with van der Waals surface area (Å²) in [6.07, 6.45) is 1.60. The molecule has 0 fully saturated rings. The summed E-state index contributed by atoms with van der Waals surface area (Å²) in [6.45, 7) is 0. The number of hydrogen-bond donors (Lipinski definition) is 1. The molecule has 7 nitrogen and oxygen atoms in total. The Kier molecular flexibility index (Phi) is 6.63. The molecule has 0 heterocycles. The molecule has 0 aromatic heterocycles. The van der Waals surface area contributed by atoms with Crippen LogP contribution in [0.1, 0.15) is 24.0 Å². The van der Waals surface area contributed by atoms with Crippen LogP contribution >= 0.6 is 0 Å². The normalized spacial score (nSPS) is 12.7. The third-order valence-electron chi connectivity index (χ3n) is 3.77. The first kappa shape index (κ1) is 19.0. The summed E-state index contributed by atoms with van der Waals surface area (Å²) in [7, 11) is -4.04. The predicted octanol–water partition coefficient (Wildman–Crippen LogP) is 2.75. The van der Waals surface area contributed by atoms with Crippen LogP contribution in [0.2, 0.25) is 0 Å². The molecule has 0 aliphatic rings. The van der Waals surface area contributed by atoms with E-state index in [-0.39, 0.29) is 5.69 Å². The Bertz CT molecular complexity index is 792. The molecule has 0 aliphatic carbocycles. The van der Waals surface area contributed by atoms with Gasteiger partial charge in [0.25, 0.3) is 5.69 Å². The van der Waals surface area contributed by atoms with Gasteiger partial charge in [0.15, 0.2) is 0 Å². The van der Waals surface area contributed by atoms with Crippen LogP contribution in [0.5, 0.6) is 0 Å². The van der Waals surface area contributed by atoms with Gasteiger partial charge in [-0.1, -0.05) is 42.5 Å². The van der Waals surface area contributed by atoms with Crippen LogP contribution in [0.3, 0.4) is 0 Å². The molecule has 0 saturated carbocycles. The van der Waals surface area contributed by atoms with Crippen molar-refractivity contribution in [2.24, 2.45) is 5.14 Å². The Balaban J connectivity index is 1.96.